The average molecular weight is 476 g/mol. The minimum Gasteiger partial charge on any atom is -0.325 e. The van der Waals surface area contributed by atoms with Crippen LogP contribution in [0.5, 0.6) is 0 Å². The molecule has 1 atom stereocenters. The third kappa shape index (κ3) is 4.37. The predicted octanol–water partition coefficient (Wildman–Crippen LogP) is 4.10. The maximum absolute atomic E-state index is 13.2. The van der Waals surface area contributed by atoms with Gasteiger partial charge in [0.2, 0.25) is 15.9 Å². The average Bonchev–Trinajstić information content (AvgIpc) is 3.23. The summed E-state index contributed by atoms with van der Waals surface area (Å²) in [5.41, 5.74) is 1.93. The fourth-order valence-corrected chi connectivity index (χ4v) is 5.56. The van der Waals surface area contributed by atoms with Gasteiger partial charge >= 0.3 is 0 Å². The number of benzene rings is 2. The van der Waals surface area contributed by atoms with E-state index in [-0.39, 0.29) is 35.9 Å². The Balaban J connectivity index is 1.44. The molecular formula is C22H26ClN5O3S. The number of fused-ring (bicyclic) bond motifs is 1. The number of hydrogen-bond donors (Lipinski definition) is 1. The zero-order chi connectivity index (χ0) is 22.9. The number of carbonyl (C=O) groups excluding carboxylic acids is 1. The molecule has 32 heavy (non-hydrogen) atoms. The number of amides is 1. The summed E-state index contributed by atoms with van der Waals surface area (Å²) < 4.78 is 29.6. The van der Waals surface area contributed by atoms with Gasteiger partial charge in [0, 0.05) is 19.0 Å². The van der Waals surface area contributed by atoms with Crippen LogP contribution in [0.4, 0.5) is 5.69 Å². The van der Waals surface area contributed by atoms with Crippen molar-refractivity contribution in [2.24, 2.45) is 5.92 Å². The summed E-state index contributed by atoms with van der Waals surface area (Å²) in [5.74, 6) is -0.408. The van der Waals surface area contributed by atoms with Crippen molar-refractivity contribution in [3.63, 3.8) is 0 Å². The number of nitrogens with one attached hydrogen (secondary N) is 1. The summed E-state index contributed by atoms with van der Waals surface area (Å²) in [5, 5.41) is 11.7. The number of piperidine rings is 1. The van der Waals surface area contributed by atoms with Gasteiger partial charge in [0.05, 0.1) is 27.2 Å². The first-order valence-electron chi connectivity index (χ1n) is 10.7. The second kappa shape index (κ2) is 9.17. The van der Waals surface area contributed by atoms with E-state index in [1.54, 1.807) is 42.5 Å². The van der Waals surface area contributed by atoms with E-state index in [4.69, 9.17) is 11.6 Å². The summed E-state index contributed by atoms with van der Waals surface area (Å²) in [7, 11) is -3.68. The normalized spacial score (nSPS) is 16.8. The zero-order valence-electron chi connectivity index (χ0n) is 18.0. The van der Waals surface area contributed by atoms with Crippen LogP contribution in [0.2, 0.25) is 5.02 Å². The number of anilines is 1. The number of carbonyl (C=O) groups is 1. The van der Waals surface area contributed by atoms with Crippen LogP contribution < -0.4 is 5.32 Å². The quantitative estimate of drug-likeness (QED) is 0.579. The third-order valence-corrected chi connectivity index (χ3v) is 8.27. The van der Waals surface area contributed by atoms with Crippen LogP contribution in [0.25, 0.3) is 11.0 Å². The molecule has 170 valence electrons. The molecule has 4 rings (SSSR count). The highest BCUT2D eigenvalue weighted by molar-refractivity contribution is 7.89. The summed E-state index contributed by atoms with van der Waals surface area (Å²) in [6.45, 7) is 4.67. The Kier molecular flexibility index (Phi) is 6.50. The fourth-order valence-electron chi connectivity index (χ4n) is 3.89. The van der Waals surface area contributed by atoms with Crippen molar-refractivity contribution in [2.45, 2.75) is 44.0 Å². The molecule has 1 N–H and O–H groups in total. The smallest absolute Gasteiger partial charge is 0.243 e. The first-order chi connectivity index (χ1) is 15.3. The Hall–Kier alpha value is -2.49. The molecule has 1 unspecified atom stereocenters. The third-order valence-electron chi connectivity index (χ3n) is 6.05. The van der Waals surface area contributed by atoms with Crippen molar-refractivity contribution in [1.29, 1.82) is 0 Å². The Labute approximate surface area is 192 Å². The number of nitrogens with zero attached hydrogens (tertiary/aromatic N) is 4. The summed E-state index contributed by atoms with van der Waals surface area (Å²) in [4.78, 5) is 12.8. The lowest BCUT2D eigenvalue weighted by Gasteiger charge is -2.30. The highest BCUT2D eigenvalue weighted by atomic mass is 35.5. The van der Waals surface area contributed by atoms with Gasteiger partial charge < -0.3 is 5.32 Å². The summed E-state index contributed by atoms with van der Waals surface area (Å²) >= 11 is 6.11. The van der Waals surface area contributed by atoms with E-state index < -0.39 is 10.0 Å². The molecule has 0 bridgehead atoms. The first kappa shape index (κ1) is 22.7. The highest BCUT2D eigenvalue weighted by Crippen LogP contribution is 2.28. The molecule has 1 amide bonds. The Morgan fingerprint density at radius 2 is 1.94 bits per heavy atom. The fraction of sp³-hybridized carbons (Fsp3) is 0.409. The number of sulfonamides is 1. The van der Waals surface area contributed by atoms with Gasteiger partial charge in [-0.05, 0) is 56.5 Å². The molecule has 1 aromatic heterocycles. The van der Waals surface area contributed by atoms with Crippen molar-refractivity contribution >= 4 is 44.3 Å². The van der Waals surface area contributed by atoms with E-state index in [1.165, 1.54) is 4.31 Å². The van der Waals surface area contributed by atoms with Crippen LogP contribution >= 0.6 is 11.6 Å². The summed E-state index contributed by atoms with van der Waals surface area (Å²) in [6, 6.07) is 12.2. The van der Waals surface area contributed by atoms with Gasteiger partial charge in [-0.15, -0.1) is 5.10 Å². The van der Waals surface area contributed by atoms with Crippen LogP contribution in [-0.2, 0) is 14.8 Å². The molecule has 10 heteroatoms. The molecule has 1 aliphatic rings. The predicted molar refractivity (Wildman–Crippen MR) is 124 cm³/mol. The van der Waals surface area contributed by atoms with E-state index in [2.05, 4.69) is 22.6 Å². The largest absolute Gasteiger partial charge is 0.325 e. The molecule has 2 heterocycles. The number of aromatic nitrogens is 3. The van der Waals surface area contributed by atoms with Crippen molar-refractivity contribution < 1.29 is 13.2 Å². The van der Waals surface area contributed by atoms with Crippen molar-refractivity contribution in [3.8, 4) is 0 Å². The van der Waals surface area contributed by atoms with E-state index in [9.17, 15) is 13.2 Å². The Bertz CT molecular complexity index is 1240. The SMILES string of the molecule is CCC(C)n1nnc2cc(S(=O)(=O)N3CCC(C(=O)Nc4ccccc4Cl)CC3)ccc21. The number of hydrogen-bond acceptors (Lipinski definition) is 5. The van der Waals surface area contributed by atoms with Gasteiger partial charge in [-0.25, -0.2) is 13.1 Å². The van der Waals surface area contributed by atoms with Crippen LogP contribution in [0.3, 0.4) is 0 Å². The molecule has 0 radical (unpaired) electrons. The molecule has 0 spiro atoms. The lowest BCUT2D eigenvalue weighted by atomic mass is 9.97. The molecule has 3 aromatic rings. The molecule has 1 aliphatic heterocycles. The zero-order valence-corrected chi connectivity index (χ0v) is 19.6. The second-order valence-electron chi connectivity index (χ2n) is 8.09. The number of rotatable bonds is 6. The number of halogens is 1. The maximum Gasteiger partial charge on any atom is 0.243 e. The van der Waals surface area contributed by atoms with Crippen LogP contribution in [0.1, 0.15) is 39.2 Å². The molecule has 8 nitrogen and oxygen atoms in total. The first-order valence-corrected chi connectivity index (χ1v) is 12.5. The van der Waals surface area contributed by atoms with Gasteiger partial charge in [0.15, 0.2) is 0 Å². The lowest BCUT2D eigenvalue weighted by molar-refractivity contribution is -0.120. The van der Waals surface area contributed by atoms with E-state index in [0.717, 1.165) is 11.9 Å². The van der Waals surface area contributed by atoms with Gasteiger partial charge in [-0.2, -0.15) is 4.31 Å². The van der Waals surface area contributed by atoms with E-state index >= 15 is 0 Å². The molecule has 0 saturated carbocycles. The van der Waals surface area contributed by atoms with Crippen LogP contribution in [0.15, 0.2) is 47.4 Å². The van der Waals surface area contributed by atoms with Crippen molar-refractivity contribution in [3.05, 3.63) is 47.5 Å². The van der Waals surface area contributed by atoms with Gasteiger partial charge in [-0.3, -0.25) is 4.79 Å². The molecule has 2 aromatic carbocycles. The lowest BCUT2D eigenvalue weighted by Crippen LogP contribution is -2.41. The van der Waals surface area contributed by atoms with E-state index in [0.29, 0.717) is 29.1 Å². The summed E-state index contributed by atoms with van der Waals surface area (Å²) in [6.07, 6.45) is 1.79. The maximum atomic E-state index is 13.2. The van der Waals surface area contributed by atoms with E-state index in [1.807, 2.05) is 11.6 Å². The van der Waals surface area contributed by atoms with Gasteiger partial charge in [-0.1, -0.05) is 35.9 Å². The minimum absolute atomic E-state index is 0.141. The minimum atomic E-state index is -3.68. The molecular weight excluding hydrogens is 450 g/mol. The monoisotopic (exact) mass is 475 g/mol. The van der Waals surface area contributed by atoms with Crippen LogP contribution in [-0.4, -0.2) is 46.7 Å². The Morgan fingerprint density at radius 3 is 2.62 bits per heavy atom. The standard InChI is InChI=1S/C22H26ClN5O3S/c1-3-15(2)28-21-9-8-17(14-20(21)25-26-28)32(30,31)27-12-10-16(11-13-27)22(29)24-19-7-5-4-6-18(19)23/h4-9,14-16H,3,10-13H2,1-2H3,(H,24,29). The van der Waals surface area contributed by atoms with Crippen LogP contribution in [0, 0.1) is 5.92 Å². The highest BCUT2D eigenvalue weighted by Gasteiger charge is 2.32. The number of para-hydroxylation sites is 1. The second-order valence-corrected chi connectivity index (χ2v) is 10.4. The molecule has 1 saturated heterocycles. The van der Waals surface area contributed by atoms with Crippen molar-refractivity contribution in [2.75, 3.05) is 18.4 Å². The topological polar surface area (TPSA) is 97.2 Å². The molecule has 1 fully saturated rings. The molecule has 0 aliphatic carbocycles. The van der Waals surface area contributed by atoms with Gasteiger partial charge in [0.1, 0.15) is 5.52 Å². The van der Waals surface area contributed by atoms with Crippen molar-refractivity contribution in [1.82, 2.24) is 19.3 Å². The van der Waals surface area contributed by atoms with Gasteiger partial charge in [0.25, 0.3) is 0 Å². The Morgan fingerprint density at radius 1 is 1.22 bits per heavy atom.